The van der Waals surface area contributed by atoms with E-state index in [2.05, 4.69) is 5.32 Å². The van der Waals surface area contributed by atoms with Crippen LogP contribution in [0.25, 0.3) is 0 Å². The van der Waals surface area contributed by atoms with Crippen molar-refractivity contribution in [2.24, 2.45) is 5.92 Å². The van der Waals surface area contributed by atoms with Crippen LogP contribution in [-0.2, 0) is 10.2 Å². The second-order valence-electron chi connectivity index (χ2n) is 5.52. The van der Waals surface area contributed by atoms with Crippen molar-refractivity contribution in [3.63, 3.8) is 0 Å². The molecule has 0 saturated carbocycles. The summed E-state index contributed by atoms with van der Waals surface area (Å²) in [5.74, 6) is 0.486. The molecule has 0 aliphatic carbocycles. The normalized spacial score (nSPS) is 34.8. The van der Waals surface area contributed by atoms with Crippen LogP contribution in [-0.4, -0.2) is 55.3 Å². The molecule has 0 aromatic heterocycles. The number of fused-ring (bicyclic) bond motifs is 1. The Morgan fingerprint density at radius 1 is 1.35 bits per heavy atom. The highest BCUT2D eigenvalue weighted by Gasteiger charge is 2.48. The van der Waals surface area contributed by atoms with E-state index in [1.54, 1.807) is 11.4 Å². The molecule has 0 aromatic carbocycles. The molecule has 6 heteroatoms. The van der Waals surface area contributed by atoms with Gasteiger partial charge in [-0.1, -0.05) is 0 Å². The third-order valence-corrected chi connectivity index (χ3v) is 6.38. The first-order valence-corrected chi connectivity index (χ1v) is 7.72. The summed E-state index contributed by atoms with van der Waals surface area (Å²) in [5.41, 5.74) is 0. The second-order valence-corrected chi connectivity index (χ2v) is 7.41. The average Bonchev–Trinajstić information content (AvgIpc) is 2.74. The van der Waals surface area contributed by atoms with Crippen molar-refractivity contribution in [3.8, 4) is 0 Å². The van der Waals surface area contributed by atoms with Gasteiger partial charge < -0.3 is 5.32 Å². The first-order chi connectivity index (χ1) is 7.85. The fraction of sp³-hybridized carbons (Fsp3) is 1.00. The van der Waals surface area contributed by atoms with Crippen LogP contribution in [0.15, 0.2) is 0 Å². The Hall–Kier alpha value is -0.170. The van der Waals surface area contributed by atoms with Crippen LogP contribution < -0.4 is 5.32 Å². The quantitative estimate of drug-likeness (QED) is 0.792. The molecule has 0 spiro atoms. The van der Waals surface area contributed by atoms with Crippen molar-refractivity contribution >= 4 is 10.2 Å². The van der Waals surface area contributed by atoms with Crippen molar-refractivity contribution < 1.29 is 8.42 Å². The van der Waals surface area contributed by atoms with Crippen molar-refractivity contribution in [2.75, 3.05) is 20.1 Å². The van der Waals surface area contributed by atoms with E-state index < -0.39 is 10.2 Å². The standard InChI is InChI=1S/C11H23N3O2S/c1-8(2)13(4)17(15,16)14-9(3)5-10-6-12-7-11(10)14/h8-12H,5-7H2,1-4H3. The molecule has 2 saturated heterocycles. The lowest BCUT2D eigenvalue weighted by Gasteiger charge is -2.32. The van der Waals surface area contributed by atoms with E-state index in [0.29, 0.717) is 5.92 Å². The molecule has 3 atom stereocenters. The van der Waals surface area contributed by atoms with Gasteiger partial charge in [0.05, 0.1) is 0 Å². The minimum absolute atomic E-state index is 0.000567. The van der Waals surface area contributed by atoms with E-state index in [1.807, 2.05) is 20.8 Å². The summed E-state index contributed by atoms with van der Waals surface area (Å²) >= 11 is 0. The molecule has 0 amide bonds. The van der Waals surface area contributed by atoms with Gasteiger partial charge in [-0.05, 0) is 39.7 Å². The predicted molar refractivity (Wildman–Crippen MR) is 67.9 cm³/mol. The summed E-state index contributed by atoms with van der Waals surface area (Å²) in [4.78, 5) is 0. The summed E-state index contributed by atoms with van der Waals surface area (Å²) in [7, 11) is -1.65. The molecule has 2 aliphatic heterocycles. The molecule has 17 heavy (non-hydrogen) atoms. The molecule has 2 fully saturated rings. The van der Waals surface area contributed by atoms with E-state index in [1.165, 1.54) is 4.31 Å². The third kappa shape index (κ3) is 2.12. The summed E-state index contributed by atoms with van der Waals surface area (Å²) < 4.78 is 28.3. The number of nitrogens with zero attached hydrogens (tertiary/aromatic N) is 2. The predicted octanol–water partition coefficient (Wildman–Crippen LogP) is 0.254. The maximum atomic E-state index is 12.6. The van der Waals surface area contributed by atoms with Gasteiger partial charge in [-0.25, -0.2) is 0 Å². The van der Waals surface area contributed by atoms with Crippen LogP contribution in [0.4, 0.5) is 0 Å². The minimum atomic E-state index is -3.31. The second kappa shape index (κ2) is 4.50. The molecule has 5 nitrogen and oxygen atoms in total. The highest BCUT2D eigenvalue weighted by atomic mass is 32.2. The fourth-order valence-corrected chi connectivity index (χ4v) is 4.90. The van der Waals surface area contributed by atoms with Gasteiger partial charge in [-0.2, -0.15) is 17.0 Å². The van der Waals surface area contributed by atoms with E-state index in [4.69, 9.17) is 0 Å². The van der Waals surface area contributed by atoms with Crippen molar-refractivity contribution in [2.45, 2.75) is 45.3 Å². The molecule has 0 radical (unpaired) electrons. The van der Waals surface area contributed by atoms with Gasteiger partial charge in [0.15, 0.2) is 0 Å². The zero-order chi connectivity index (χ0) is 12.8. The Kier molecular flexibility index (Phi) is 3.51. The summed E-state index contributed by atoms with van der Waals surface area (Å²) in [6.07, 6.45) is 0.975. The Labute approximate surface area is 104 Å². The Morgan fingerprint density at radius 3 is 2.59 bits per heavy atom. The summed E-state index contributed by atoms with van der Waals surface area (Å²) in [6, 6.07) is 0.273. The van der Waals surface area contributed by atoms with Crippen molar-refractivity contribution in [3.05, 3.63) is 0 Å². The minimum Gasteiger partial charge on any atom is -0.315 e. The lowest BCUT2D eigenvalue weighted by Crippen LogP contribution is -2.50. The summed E-state index contributed by atoms with van der Waals surface area (Å²) in [6.45, 7) is 7.57. The molecule has 0 aromatic rings. The fourth-order valence-electron chi connectivity index (χ4n) is 2.94. The number of nitrogens with one attached hydrogen (secondary N) is 1. The third-order valence-electron chi connectivity index (χ3n) is 4.07. The van der Waals surface area contributed by atoms with E-state index in [-0.39, 0.29) is 18.1 Å². The topological polar surface area (TPSA) is 52.7 Å². The van der Waals surface area contributed by atoms with Gasteiger partial charge in [0.25, 0.3) is 10.2 Å². The van der Waals surface area contributed by atoms with Gasteiger partial charge in [-0.3, -0.25) is 0 Å². The zero-order valence-corrected chi connectivity index (χ0v) is 11.9. The van der Waals surface area contributed by atoms with Crippen LogP contribution in [0.3, 0.4) is 0 Å². The maximum absolute atomic E-state index is 12.6. The van der Waals surface area contributed by atoms with Gasteiger partial charge in [-0.15, -0.1) is 0 Å². The molecule has 2 heterocycles. The first kappa shape index (κ1) is 13.3. The monoisotopic (exact) mass is 261 g/mol. The van der Waals surface area contributed by atoms with Gasteiger partial charge in [0.1, 0.15) is 0 Å². The van der Waals surface area contributed by atoms with Crippen LogP contribution in [0.5, 0.6) is 0 Å². The first-order valence-electron chi connectivity index (χ1n) is 6.33. The average molecular weight is 261 g/mol. The zero-order valence-electron chi connectivity index (χ0n) is 11.0. The van der Waals surface area contributed by atoms with Crippen LogP contribution >= 0.6 is 0 Å². The van der Waals surface area contributed by atoms with E-state index in [0.717, 1.165) is 19.5 Å². The highest BCUT2D eigenvalue weighted by molar-refractivity contribution is 7.86. The molecule has 2 rings (SSSR count). The number of rotatable bonds is 3. The van der Waals surface area contributed by atoms with Crippen LogP contribution in [0.2, 0.25) is 0 Å². The molecule has 2 aliphatic rings. The lowest BCUT2D eigenvalue weighted by molar-refractivity contribution is 0.290. The van der Waals surface area contributed by atoms with Crippen molar-refractivity contribution in [1.82, 2.24) is 13.9 Å². The molecular formula is C11H23N3O2S. The van der Waals surface area contributed by atoms with Gasteiger partial charge in [0, 0.05) is 31.7 Å². The van der Waals surface area contributed by atoms with Crippen LogP contribution in [0, 0.1) is 5.92 Å². The Balaban J connectivity index is 2.26. The molecule has 3 unspecified atom stereocenters. The van der Waals surface area contributed by atoms with E-state index >= 15 is 0 Å². The molecule has 0 bridgehead atoms. The SMILES string of the molecule is CC(C)N(C)S(=O)(=O)N1C(C)CC2CNCC21. The largest absolute Gasteiger partial charge is 0.315 e. The smallest absolute Gasteiger partial charge is 0.282 e. The lowest BCUT2D eigenvalue weighted by atomic mass is 10.0. The van der Waals surface area contributed by atoms with Crippen molar-refractivity contribution in [1.29, 1.82) is 0 Å². The van der Waals surface area contributed by atoms with Crippen LogP contribution in [0.1, 0.15) is 27.2 Å². The molecular weight excluding hydrogens is 238 g/mol. The van der Waals surface area contributed by atoms with Gasteiger partial charge >= 0.3 is 0 Å². The van der Waals surface area contributed by atoms with Gasteiger partial charge in [0.2, 0.25) is 0 Å². The number of hydrogen-bond donors (Lipinski definition) is 1. The highest BCUT2D eigenvalue weighted by Crippen LogP contribution is 2.35. The Bertz CT molecular complexity index is 382. The van der Waals surface area contributed by atoms with E-state index in [9.17, 15) is 8.42 Å². The molecule has 100 valence electrons. The summed E-state index contributed by atoms with van der Waals surface area (Å²) in [5, 5.41) is 3.29. The maximum Gasteiger partial charge on any atom is 0.282 e. The Morgan fingerprint density at radius 2 is 2.00 bits per heavy atom. The molecule has 1 N–H and O–H groups in total. The number of hydrogen-bond acceptors (Lipinski definition) is 3.